The number of methoxy groups -OCH3 is 2. The lowest BCUT2D eigenvalue weighted by Gasteiger charge is -2.58. The average Bonchev–Trinajstić information content (AvgIpc) is 2.57. The maximum Gasteiger partial charge on any atom is 0.122 e. The molecule has 3 rings (SSSR count). The van der Waals surface area contributed by atoms with Crippen molar-refractivity contribution in [1.82, 2.24) is 0 Å². The molecule has 2 saturated carbocycles. The van der Waals surface area contributed by atoms with Crippen LogP contribution in [-0.4, -0.2) is 14.2 Å². The average molecular weight is 343 g/mol. The van der Waals surface area contributed by atoms with Gasteiger partial charge in [-0.25, -0.2) is 0 Å². The van der Waals surface area contributed by atoms with Crippen LogP contribution in [0, 0.1) is 22.7 Å². The Kier molecular flexibility index (Phi) is 4.92. The van der Waals surface area contributed by atoms with Crippen LogP contribution >= 0.6 is 0 Å². The fraction of sp³-hybridized carbons (Fsp3) is 0.652. The van der Waals surface area contributed by atoms with Crippen LogP contribution < -0.4 is 9.47 Å². The second kappa shape index (κ2) is 6.70. The van der Waals surface area contributed by atoms with Crippen molar-refractivity contribution in [1.29, 1.82) is 0 Å². The highest BCUT2D eigenvalue weighted by atomic mass is 16.5. The lowest BCUT2D eigenvalue weighted by molar-refractivity contribution is -0.0518. The number of hydrogen-bond acceptors (Lipinski definition) is 2. The van der Waals surface area contributed by atoms with Crippen LogP contribution in [0.4, 0.5) is 0 Å². The molecule has 0 saturated heterocycles. The van der Waals surface area contributed by atoms with Gasteiger partial charge in [0.2, 0.25) is 0 Å². The minimum Gasteiger partial charge on any atom is -0.497 e. The molecule has 3 atom stereocenters. The lowest BCUT2D eigenvalue weighted by Crippen LogP contribution is -2.50. The smallest absolute Gasteiger partial charge is 0.122 e. The van der Waals surface area contributed by atoms with E-state index in [1.54, 1.807) is 14.2 Å². The van der Waals surface area contributed by atoms with Crippen molar-refractivity contribution in [2.24, 2.45) is 22.7 Å². The highest BCUT2D eigenvalue weighted by molar-refractivity contribution is 5.41. The summed E-state index contributed by atoms with van der Waals surface area (Å²) in [6, 6.07) is 6.16. The van der Waals surface area contributed by atoms with Crippen LogP contribution in [0.5, 0.6) is 11.5 Å². The molecular weight excluding hydrogens is 308 g/mol. The van der Waals surface area contributed by atoms with Gasteiger partial charge in [0.15, 0.2) is 0 Å². The molecule has 2 fully saturated rings. The molecule has 0 spiro atoms. The molecule has 0 aliphatic heterocycles. The molecule has 2 nitrogen and oxygen atoms in total. The quantitative estimate of drug-likeness (QED) is 0.621. The second-order valence-electron chi connectivity index (χ2n) is 9.03. The summed E-state index contributed by atoms with van der Waals surface area (Å²) in [5.41, 5.74) is 3.45. The first kappa shape index (κ1) is 18.4. The van der Waals surface area contributed by atoms with E-state index in [4.69, 9.17) is 9.47 Å². The van der Waals surface area contributed by atoms with Gasteiger partial charge in [-0.15, -0.1) is 0 Å². The van der Waals surface area contributed by atoms with Gasteiger partial charge in [0.25, 0.3) is 0 Å². The van der Waals surface area contributed by atoms with Gasteiger partial charge in [0.05, 0.1) is 14.2 Å². The van der Waals surface area contributed by atoms with E-state index in [0.29, 0.717) is 16.7 Å². The summed E-state index contributed by atoms with van der Waals surface area (Å²) in [6.07, 6.45) is 7.47. The van der Waals surface area contributed by atoms with Gasteiger partial charge in [0, 0.05) is 0 Å². The normalized spacial score (nSPS) is 31.3. The summed E-state index contributed by atoms with van der Waals surface area (Å²) in [7, 11) is 3.49. The van der Waals surface area contributed by atoms with E-state index in [0.717, 1.165) is 23.8 Å². The number of hydrogen-bond donors (Lipinski definition) is 0. The van der Waals surface area contributed by atoms with E-state index in [1.807, 2.05) is 12.1 Å². The Morgan fingerprint density at radius 3 is 2.56 bits per heavy atom. The molecule has 0 radical (unpaired) electrons. The molecule has 1 aromatic rings. The first-order chi connectivity index (χ1) is 11.8. The predicted molar refractivity (Wildman–Crippen MR) is 104 cm³/mol. The van der Waals surface area contributed by atoms with Crippen LogP contribution in [0.2, 0.25) is 0 Å². The molecular formula is C23H34O2. The summed E-state index contributed by atoms with van der Waals surface area (Å²) in [4.78, 5) is 0. The third-order valence-electron chi connectivity index (χ3n) is 7.23. The highest BCUT2D eigenvalue weighted by Gasteiger charge is 2.52. The molecule has 0 bridgehead atoms. The van der Waals surface area contributed by atoms with Crippen molar-refractivity contribution in [2.45, 2.75) is 59.3 Å². The van der Waals surface area contributed by atoms with E-state index in [9.17, 15) is 0 Å². The van der Waals surface area contributed by atoms with E-state index < -0.39 is 0 Å². The predicted octanol–water partition coefficient (Wildman–Crippen LogP) is 6.05. The molecule has 2 aliphatic carbocycles. The molecule has 3 unspecified atom stereocenters. The van der Waals surface area contributed by atoms with Gasteiger partial charge in [-0.1, -0.05) is 39.3 Å². The number of benzene rings is 1. The SMILES string of the molecule is C=C1CCC2C(C)(C)CCCC2(C)C1Cc1cc(OC)ccc1OC. The Balaban J connectivity index is 1.96. The van der Waals surface area contributed by atoms with Crippen LogP contribution in [0.15, 0.2) is 30.4 Å². The molecule has 138 valence electrons. The Bertz CT molecular complexity index is 645. The lowest BCUT2D eigenvalue weighted by atomic mass is 9.47. The number of allylic oxidation sites excluding steroid dienone is 1. The van der Waals surface area contributed by atoms with Crippen LogP contribution in [0.3, 0.4) is 0 Å². The van der Waals surface area contributed by atoms with Crippen molar-refractivity contribution in [3.05, 3.63) is 35.9 Å². The van der Waals surface area contributed by atoms with Gasteiger partial charge in [0.1, 0.15) is 11.5 Å². The van der Waals surface area contributed by atoms with E-state index in [1.165, 1.54) is 43.2 Å². The Labute approximate surface area is 153 Å². The zero-order valence-electron chi connectivity index (χ0n) is 16.7. The third kappa shape index (κ3) is 3.20. The summed E-state index contributed by atoms with van der Waals surface area (Å²) < 4.78 is 11.1. The minimum atomic E-state index is 0.338. The molecule has 25 heavy (non-hydrogen) atoms. The fourth-order valence-corrected chi connectivity index (χ4v) is 5.91. The molecule has 2 aliphatic rings. The zero-order valence-corrected chi connectivity index (χ0v) is 16.7. The number of fused-ring (bicyclic) bond motifs is 1. The molecule has 2 heteroatoms. The van der Waals surface area contributed by atoms with Gasteiger partial charge < -0.3 is 9.47 Å². The molecule has 1 aromatic carbocycles. The highest BCUT2D eigenvalue weighted by Crippen LogP contribution is 2.61. The van der Waals surface area contributed by atoms with E-state index >= 15 is 0 Å². The molecule has 0 heterocycles. The monoisotopic (exact) mass is 342 g/mol. The molecule has 0 amide bonds. The Morgan fingerprint density at radius 2 is 1.88 bits per heavy atom. The number of ether oxygens (including phenoxy) is 2. The fourth-order valence-electron chi connectivity index (χ4n) is 5.91. The van der Waals surface area contributed by atoms with Crippen molar-refractivity contribution < 1.29 is 9.47 Å². The van der Waals surface area contributed by atoms with Crippen molar-refractivity contribution in [2.75, 3.05) is 14.2 Å². The second-order valence-corrected chi connectivity index (χ2v) is 9.03. The largest absolute Gasteiger partial charge is 0.497 e. The Hall–Kier alpha value is -1.44. The summed E-state index contributed by atoms with van der Waals surface area (Å²) >= 11 is 0. The summed E-state index contributed by atoms with van der Waals surface area (Å²) in [5, 5.41) is 0. The van der Waals surface area contributed by atoms with Gasteiger partial charge in [-0.05, 0) is 78.5 Å². The van der Waals surface area contributed by atoms with Crippen LogP contribution in [-0.2, 0) is 6.42 Å². The molecule has 0 aromatic heterocycles. The zero-order chi connectivity index (χ0) is 18.2. The van der Waals surface area contributed by atoms with Crippen molar-refractivity contribution >= 4 is 0 Å². The third-order valence-corrected chi connectivity index (χ3v) is 7.23. The maximum atomic E-state index is 5.65. The van der Waals surface area contributed by atoms with Gasteiger partial charge >= 0.3 is 0 Å². The van der Waals surface area contributed by atoms with Crippen LogP contribution in [0.1, 0.15) is 58.4 Å². The summed E-state index contributed by atoms with van der Waals surface area (Å²) in [5.74, 6) is 3.17. The first-order valence-corrected chi connectivity index (χ1v) is 9.70. The minimum absolute atomic E-state index is 0.338. The van der Waals surface area contributed by atoms with Crippen LogP contribution in [0.25, 0.3) is 0 Å². The van der Waals surface area contributed by atoms with Crippen molar-refractivity contribution in [3.63, 3.8) is 0 Å². The van der Waals surface area contributed by atoms with Gasteiger partial charge in [-0.3, -0.25) is 0 Å². The maximum absolute atomic E-state index is 5.65. The molecule has 0 N–H and O–H groups in total. The van der Waals surface area contributed by atoms with E-state index in [2.05, 4.69) is 33.4 Å². The van der Waals surface area contributed by atoms with Crippen molar-refractivity contribution in [3.8, 4) is 11.5 Å². The number of rotatable bonds is 4. The van der Waals surface area contributed by atoms with Gasteiger partial charge in [-0.2, -0.15) is 0 Å². The van der Waals surface area contributed by atoms with E-state index in [-0.39, 0.29) is 0 Å². The topological polar surface area (TPSA) is 18.5 Å². The standard InChI is InChI=1S/C23H34O2/c1-16-8-11-21-22(2,3)12-7-13-23(21,4)19(16)15-17-14-18(24-5)9-10-20(17)25-6/h9-10,14,19,21H,1,7-8,11-13,15H2,2-6H3. The first-order valence-electron chi connectivity index (χ1n) is 9.70. The Morgan fingerprint density at radius 1 is 1.12 bits per heavy atom. The summed E-state index contributed by atoms with van der Waals surface area (Å²) in [6.45, 7) is 12.0.